The van der Waals surface area contributed by atoms with E-state index in [4.69, 9.17) is 0 Å². The summed E-state index contributed by atoms with van der Waals surface area (Å²) in [6.07, 6.45) is -3.33. The van der Waals surface area contributed by atoms with Gasteiger partial charge in [-0.05, 0) is 18.3 Å². The normalized spacial score (nSPS) is 21.3. The van der Waals surface area contributed by atoms with Crippen LogP contribution in [-0.2, 0) is 4.79 Å². The first-order valence-corrected chi connectivity index (χ1v) is 10.4. The van der Waals surface area contributed by atoms with Gasteiger partial charge in [0.2, 0.25) is 5.13 Å². The smallest absolute Gasteiger partial charge is 0.299 e. The number of aromatic nitrogens is 1. The van der Waals surface area contributed by atoms with Crippen molar-refractivity contribution in [2.75, 3.05) is 5.43 Å². The Balaban J connectivity index is 1.84. The summed E-state index contributed by atoms with van der Waals surface area (Å²) >= 11 is 1.17. The Hall–Kier alpha value is -2.22. The molecule has 0 aliphatic heterocycles. The molecule has 8 heteroatoms. The number of hydrogen-bond acceptors (Lipinski definition) is 5. The summed E-state index contributed by atoms with van der Waals surface area (Å²) in [5.41, 5.74) is 2.52. The van der Waals surface area contributed by atoms with Crippen molar-refractivity contribution >= 4 is 28.0 Å². The largest absolute Gasteiger partial charge is 0.431 e. The number of thiazole rings is 1. The fourth-order valence-corrected chi connectivity index (χ4v) is 4.36. The number of Topliss-reactive ketones (excluding diaryl/α,β-unsaturated/α-hetero) is 1. The topological polar surface area (TPSA) is 54.4 Å². The van der Waals surface area contributed by atoms with E-state index in [-0.39, 0.29) is 22.8 Å². The summed E-state index contributed by atoms with van der Waals surface area (Å²) < 4.78 is 41.2. The molecule has 0 spiro atoms. The molecule has 2 aromatic rings. The average molecular weight is 424 g/mol. The summed E-state index contributed by atoms with van der Waals surface area (Å²) in [5.74, 6) is -2.02. The summed E-state index contributed by atoms with van der Waals surface area (Å²) in [4.78, 5) is 17.1. The third kappa shape index (κ3) is 5.04. The molecule has 0 radical (unpaired) electrons. The van der Waals surface area contributed by atoms with Crippen molar-refractivity contribution in [3.05, 3.63) is 35.7 Å². The third-order valence-electron chi connectivity index (χ3n) is 5.18. The zero-order chi connectivity index (χ0) is 21.2. The van der Waals surface area contributed by atoms with Gasteiger partial charge in [-0.3, -0.25) is 10.2 Å². The number of nitrogens with zero attached hydrogens (tertiary/aromatic N) is 2. The van der Waals surface area contributed by atoms with E-state index in [0.29, 0.717) is 18.5 Å². The molecule has 1 fully saturated rings. The molecule has 2 unspecified atom stereocenters. The highest BCUT2D eigenvalue weighted by atomic mass is 32.1. The van der Waals surface area contributed by atoms with Crippen LogP contribution in [0.25, 0.3) is 11.3 Å². The lowest BCUT2D eigenvalue weighted by Crippen LogP contribution is -2.44. The lowest BCUT2D eigenvalue weighted by molar-refractivity contribution is -0.132. The Morgan fingerprint density at radius 1 is 1.17 bits per heavy atom. The highest BCUT2D eigenvalue weighted by Crippen LogP contribution is 2.40. The second-order valence-corrected chi connectivity index (χ2v) is 9.17. The van der Waals surface area contributed by atoms with Gasteiger partial charge in [-0.2, -0.15) is 18.3 Å². The van der Waals surface area contributed by atoms with Gasteiger partial charge < -0.3 is 0 Å². The maximum atomic E-state index is 13.7. The fraction of sp³-hybridized carbons (Fsp3) is 0.476. The first kappa shape index (κ1) is 21.5. The van der Waals surface area contributed by atoms with Gasteiger partial charge in [-0.15, -0.1) is 11.3 Å². The summed E-state index contributed by atoms with van der Waals surface area (Å²) in [6.45, 7) is 5.67. The molecule has 1 aromatic heterocycles. The zero-order valence-corrected chi connectivity index (χ0v) is 17.4. The maximum absolute atomic E-state index is 13.7. The molecular weight excluding hydrogens is 399 g/mol. The van der Waals surface area contributed by atoms with E-state index < -0.39 is 23.7 Å². The molecule has 1 aliphatic rings. The highest BCUT2D eigenvalue weighted by Gasteiger charge is 2.48. The Morgan fingerprint density at radius 3 is 2.48 bits per heavy atom. The van der Waals surface area contributed by atoms with Gasteiger partial charge in [-0.25, -0.2) is 4.98 Å². The number of hydrogen-bond donors (Lipinski definition) is 1. The van der Waals surface area contributed by atoms with Crippen LogP contribution in [-0.4, -0.2) is 22.7 Å². The summed E-state index contributed by atoms with van der Waals surface area (Å²) in [5, 5.41) is 5.63. The molecule has 0 saturated heterocycles. The second-order valence-electron chi connectivity index (χ2n) is 8.32. The van der Waals surface area contributed by atoms with E-state index in [1.165, 1.54) is 11.3 Å². The van der Waals surface area contributed by atoms with Crippen molar-refractivity contribution in [3.63, 3.8) is 0 Å². The molecule has 2 atom stereocenters. The molecule has 29 heavy (non-hydrogen) atoms. The average Bonchev–Trinajstić information content (AvgIpc) is 3.11. The molecular formula is C21H24F3N3OS. The predicted molar refractivity (Wildman–Crippen MR) is 110 cm³/mol. The van der Waals surface area contributed by atoms with Gasteiger partial charge in [-0.1, -0.05) is 57.5 Å². The Bertz CT molecular complexity index is 885. The molecule has 1 aromatic carbocycles. The minimum absolute atomic E-state index is 0.165. The zero-order valence-electron chi connectivity index (χ0n) is 16.6. The van der Waals surface area contributed by atoms with Gasteiger partial charge in [0.05, 0.1) is 11.6 Å². The monoisotopic (exact) mass is 423 g/mol. The SMILES string of the molecule is CC(C)(C)C1CCCC(C(=NNc2nc(-c3ccccc3)cs2)C(F)(F)F)C1=O. The van der Waals surface area contributed by atoms with E-state index >= 15 is 0 Å². The summed E-state index contributed by atoms with van der Waals surface area (Å²) in [6, 6.07) is 9.35. The number of benzene rings is 1. The second kappa shape index (κ2) is 8.26. The van der Waals surface area contributed by atoms with E-state index in [9.17, 15) is 18.0 Å². The van der Waals surface area contributed by atoms with E-state index in [0.717, 1.165) is 5.56 Å². The Morgan fingerprint density at radius 2 is 1.86 bits per heavy atom. The quantitative estimate of drug-likeness (QED) is 0.472. The Labute approximate surface area is 172 Å². The van der Waals surface area contributed by atoms with E-state index in [2.05, 4.69) is 15.5 Å². The number of anilines is 1. The molecule has 0 bridgehead atoms. The summed E-state index contributed by atoms with van der Waals surface area (Å²) in [7, 11) is 0. The lowest BCUT2D eigenvalue weighted by atomic mass is 9.67. The van der Waals surface area contributed by atoms with E-state index in [1.807, 2.05) is 51.1 Å². The molecule has 4 nitrogen and oxygen atoms in total. The number of carbonyl (C=O) groups is 1. The van der Waals surface area contributed by atoms with Crippen LogP contribution in [0.2, 0.25) is 0 Å². The number of rotatable bonds is 4. The first-order chi connectivity index (χ1) is 13.6. The molecule has 0 amide bonds. The highest BCUT2D eigenvalue weighted by molar-refractivity contribution is 7.14. The van der Waals surface area contributed by atoms with Crippen LogP contribution in [0.1, 0.15) is 40.0 Å². The van der Waals surface area contributed by atoms with Gasteiger partial charge >= 0.3 is 6.18 Å². The number of hydrazone groups is 1. The van der Waals surface area contributed by atoms with E-state index in [1.54, 1.807) is 5.38 Å². The maximum Gasteiger partial charge on any atom is 0.431 e. The van der Waals surface area contributed by atoms with Crippen LogP contribution in [0.3, 0.4) is 0 Å². The van der Waals surface area contributed by atoms with Crippen molar-refractivity contribution in [3.8, 4) is 11.3 Å². The first-order valence-electron chi connectivity index (χ1n) is 9.53. The van der Waals surface area contributed by atoms with Crippen molar-refractivity contribution < 1.29 is 18.0 Å². The van der Waals surface area contributed by atoms with Gasteiger partial charge in [0.25, 0.3) is 0 Å². The fourth-order valence-electron chi connectivity index (χ4n) is 3.70. The number of halogens is 3. The minimum atomic E-state index is -4.69. The molecule has 1 N–H and O–H groups in total. The van der Waals surface area contributed by atoms with Gasteiger partial charge in [0.1, 0.15) is 5.78 Å². The number of alkyl halides is 3. The van der Waals surface area contributed by atoms with Gasteiger partial charge in [0.15, 0.2) is 5.71 Å². The number of ketones is 1. The van der Waals surface area contributed by atoms with Crippen molar-refractivity contribution in [1.82, 2.24) is 4.98 Å². The van der Waals surface area contributed by atoms with Crippen molar-refractivity contribution in [2.24, 2.45) is 22.4 Å². The lowest BCUT2D eigenvalue weighted by Gasteiger charge is -2.36. The molecule has 1 heterocycles. The Kier molecular flexibility index (Phi) is 6.12. The van der Waals surface area contributed by atoms with Crippen LogP contribution >= 0.6 is 11.3 Å². The van der Waals surface area contributed by atoms with Gasteiger partial charge in [0, 0.05) is 16.9 Å². The van der Waals surface area contributed by atoms with Crippen LogP contribution < -0.4 is 5.43 Å². The molecule has 1 saturated carbocycles. The number of nitrogens with one attached hydrogen (secondary N) is 1. The van der Waals surface area contributed by atoms with Crippen LogP contribution in [0.4, 0.5) is 18.3 Å². The standard InChI is InChI=1S/C21H24F3N3OS/c1-20(2,3)15-11-7-10-14(17(15)28)18(21(22,23)24)26-27-19-25-16(12-29-19)13-8-5-4-6-9-13/h4-6,8-9,12,14-15H,7,10-11H2,1-3H3,(H,25,27). The predicted octanol–water partition coefficient (Wildman–Crippen LogP) is 6.17. The molecule has 1 aliphatic carbocycles. The number of carbonyl (C=O) groups excluding carboxylic acids is 1. The van der Waals surface area contributed by atoms with Crippen LogP contribution in [0.5, 0.6) is 0 Å². The minimum Gasteiger partial charge on any atom is -0.299 e. The van der Waals surface area contributed by atoms with Crippen molar-refractivity contribution in [1.29, 1.82) is 0 Å². The van der Waals surface area contributed by atoms with Crippen LogP contribution in [0.15, 0.2) is 40.8 Å². The molecule has 156 valence electrons. The third-order valence-corrected chi connectivity index (χ3v) is 5.93. The van der Waals surface area contributed by atoms with Crippen LogP contribution in [0, 0.1) is 17.3 Å². The van der Waals surface area contributed by atoms with Crippen molar-refractivity contribution in [2.45, 2.75) is 46.2 Å². The molecule has 3 rings (SSSR count).